The van der Waals surface area contributed by atoms with E-state index in [0.717, 1.165) is 11.3 Å². The third-order valence-electron chi connectivity index (χ3n) is 3.05. The minimum absolute atomic E-state index is 0.474. The summed E-state index contributed by atoms with van der Waals surface area (Å²) in [4.78, 5) is 2.14. The third-order valence-corrected chi connectivity index (χ3v) is 3.41. The molecule has 2 aromatic rings. The first-order valence-corrected chi connectivity index (χ1v) is 6.79. The zero-order valence-electron chi connectivity index (χ0n) is 11.1. The van der Waals surface area contributed by atoms with E-state index in [1.807, 2.05) is 42.5 Å². The second-order valence-corrected chi connectivity index (χ2v) is 4.92. The van der Waals surface area contributed by atoms with Crippen LogP contribution in [0.3, 0.4) is 0 Å². The van der Waals surface area contributed by atoms with Crippen molar-refractivity contribution in [1.29, 1.82) is 5.26 Å². The van der Waals surface area contributed by atoms with Gasteiger partial charge in [-0.25, -0.2) is 0 Å². The summed E-state index contributed by atoms with van der Waals surface area (Å²) in [6.45, 7) is 1.33. The maximum atomic E-state index is 8.80. The van der Waals surface area contributed by atoms with Crippen LogP contribution in [0.1, 0.15) is 12.0 Å². The lowest BCUT2D eigenvalue weighted by Gasteiger charge is -2.24. The van der Waals surface area contributed by atoms with Gasteiger partial charge in [-0.05, 0) is 29.8 Å². The number of nitrogen functional groups attached to an aromatic ring is 1. The number of nitrogens with two attached hydrogens (primary N) is 1. The van der Waals surface area contributed by atoms with E-state index in [2.05, 4.69) is 11.0 Å². The zero-order chi connectivity index (χ0) is 14.4. The molecule has 2 rings (SSSR count). The van der Waals surface area contributed by atoms with Crippen LogP contribution in [0.4, 0.5) is 11.4 Å². The summed E-state index contributed by atoms with van der Waals surface area (Å²) in [7, 11) is 0. The van der Waals surface area contributed by atoms with Crippen LogP contribution in [0.5, 0.6) is 0 Å². The van der Waals surface area contributed by atoms with Crippen LogP contribution < -0.4 is 10.6 Å². The number of halogens is 1. The molecule has 20 heavy (non-hydrogen) atoms. The first-order valence-electron chi connectivity index (χ1n) is 6.41. The summed E-state index contributed by atoms with van der Waals surface area (Å²) in [5.74, 6) is 0. The molecular formula is C16H16ClN3. The smallest absolute Gasteiger partial charge is 0.0640 e. The van der Waals surface area contributed by atoms with Crippen LogP contribution in [0.2, 0.25) is 5.02 Å². The number of rotatable bonds is 5. The Morgan fingerprint density at radius 3 is 2.55 bits per heavy atom. The SMILES string of the molecule is N#CCCN(Cc1ccc(N)cc1Cl)c1ccccc1. The Morgan fingerprint density at radius 2 is 1.90 bits per heavy atom. The predicted molar refractivity (Wildman–Crippen MR) is 83.6 cm³/mol. The fourth-order valence-corrected chi connectivity index (χ4v) is 2.27. The van der Waals surface area contributed by atoms with Gasteiger partial charge < -0.3 is 10.6 Å². The Kier molecular flexibility index (Phi) is 4.86. The van der Waals surface area contributed by atoms with E-state index in [1.54, 1.807) is 6.07 Å². The largest absolute Gasteiger partial charge is 0.399 e. The Balaban J connectivity index is 2.22. The number of anilines is 2. The molecule has 0 aromatic heterocycles. The second-order valence-electron chi connectivity index (χ2n) is 4.52. The number of hydrogen-bond acceptors (Lipinski definition) is 3. The molecule has 0 fully saturated rings. The quantitative estimate of drug-likeness (QED) is 0.849. The summed E-state index contributed by atoms with van der Waals surface area (Å²) >= 11 is 6.22. The van der Waals surface area contributed by atoms with Crippen molar-refractivity contribution in [3.05, 3.63) is 59.1 Å². The minimum Gasteiger partial charge on any atom is -0.399 e. The van der Waals surface area contributed by atoms with Gasteiger partial charge in [-0.1, -0.05) is 35.9 Å². The van der Waals surface area contributed by atoms with E-state index in [9.17, 15) is 0 Å². The Labute approximate surface area is 124 Å². The number of nitrogens with zero attached hydrogens (tertiary/aromatic N) is 2. The van der Waals surface area contributed by atoms with Crippen LogP contribution >= 0.6 is 11.6 Å². The van der Waals surface area contributed by atoms with Crippen molar-refractivity contribution in [2.75, 3.05) is 17.2 Å². The molecule has 0 aliphatic heterocycles. The van der Waals surface area contributed by atoms with E-state index in [1.165, 1.54) is 0 Å². The molecule has 0 aliphatic carbocycles. The highest BCUT2D eigenvalue weighted by molar-refractivity contribution is 6.31. The van der Waals surface area contributed by atoms with E-state index < -0.39 is 0 Å². The summed E-state index contributed by atoms with van der Waals surface area (Å²) < 4.78 is 0. The molecule has 0 amide bonds. The van der Waals surface area contributed by atoms with Crippen LogP contribution in [-0.2, 0) is 6.54 Å². The summed E-state index contributed by atoms with van der Waals surface area (Å²) in [6.07, 6.45) is 0.474. The number of hydrogen-bond donors (Lipinski definition) is 1. The summed E-state index contributed by atoms with van der Waals surface area (Å²) in [6, 6.07) is 17.7. The Morgan fingerprint density at radius 1 is 1.15 bits per heavy atom. The predicted octanol–water partition coefficient (Wildman–Crippen LogP) is 3.84. The van der Waals surface area contributed by atoms with Gasteiger partial charge in [0.25, 0.3) is 0 Å². The molecule has 2 N–H and O–H groups in total. The molecule has 0 atom stereocenters. The molecule has 4 heteroatoms. The van der Waals surface area contributed by atoms with E-state index >= 15 is 0 Å². The van der Waals surface area contributed by atoms with E-state index in [-0.39, 0.29) is 0 Å². The molecule has 0 bridgehead atoms. The van der Waals surface area contributed by atoms with E-state index in [4.69, 9.17) is 22.6 Å². The van der Waals surface area contributed by atoms with Crippen molar-refractivity contribution in [2.24, 2.45) is 0 Å². The van der Waals surface area contributed by atoms with Crippen molar-refractivity contribution < 1.29 is 0 Å². The molecule has 0 radical (unpaired) electrons. The maximum absolute atomic E-state index is 8.80. The topological polar surface area (TPSA) is 53.0 Å². The maximum Gasteiger partial charge on any atom is 0.0640 e. The van der Waals surface area contributed by atoms with Crippen molar-refractivity contribution in [3.8, 4) is 6.07 Å². The first kappa shape index (κ1) is 14.2. The van der Waals surface area contributed by atoms with Gasteiger partial charge in [0, 0.05) is 29.5 Å². The highest BCUT2D eigenvalue weighted by Gasteiger charge is 2.09. The lowest BCUT2D eigenvalue weighted by atomic mass is 10.1. The van der Waals surface area contributed by atoms with Gasteiger partial charge in [0.2, 0.25) is 0 Å². The fraction of sp³-hybridized carbons (Fsp3) is 0.188. The van der Waals surface area contributed by atoms with Gasteiger partial charge in [-0.2, -0.15) is 5.26 Å². The Bertz CT molecular complexity index is 605. The van der Waals surface area contributed by atoms with Gasteiger partial charge >= 0.3 is 0 Å². The summed E-state index contributed by atoms with van der Waals surface area (Å²) in [5, 5.41) is 9.46. The number of nitriles is 1. The molecule has 0 heterocycles. The minimum atomic E-state index is 0.474. The van der Waals surface area contributed by atoms with Crippen LogP contribution in [-0.4, -0.2) is 6.54 Å². The monoisotopic (exact) mass is 285 g/mol. The first-order chi connectivity index (χ1) is 9.70. The standard InChI is InChI=1S/C16H16ClN3/c17-16-11-14(19)8-7-13(16)12-20(10-4-9-18)15-5-2-1-3-6-15/h1-3,5-8,11H,4,10,12,19H2. The highest BCUT2D eigenvalue weighted by Crippen LogP contribution is 2.23. The zero-order valence-corrected chi connectivity index (χ0v) is 11.8. The normalized spacial score (nSPS) is 10.0. The number of para-hydroxylation sites is 1. The van der Waals surface area contributed by atoms with Crippen molar-refractivity contribution in [2.45, 2.75) is 13.0 Å². The van der Waals surface area contributed by atoms with Crippen LogP contribution in [0.25, 0.3) is 0 Å². The van der Waals surface area contributed by atoms with Gasteiger partial charge in [-0.3, -0.25) is 0 Å². The second kappa shape index (κ2) is 6.83. The summed E-state index contributed by atoms with van der Waals surface area (Å²) in [5.41, 5.74) is 8.44. The van der Waals surface area contributed by atoms with Crippen LogP contribution in [0.15, 0.2) is 48.5 Å². The number of benzene rings is 2. The molecule has 0 saturated heterocycles. The van der Waals surface area contributed by atoms with Crippen molar-refractivity contribution in [3.63, 3.8) is 0 Å². The van der Waals surface area contributed by atoms with Gasteiger partial charge in [0.05, 0.1) is 12.5 Å². The van der Waals surface area contributed by atoms with Crippen LogP contribution in [0, 0.1) is 11.3 Å². The van der Waals surface area contributed by atoms with Gasteiger partial charge in [-0.15, -0.1) is 0 Å². The molecule has 0 aliphatic rings. The molecule has 0 spiro atoms. The lowest BCUT2D eigenvalue weighted by molar-refractivity contribution is 0.798. The molecule has 0 saturated carbocycles. The Hall–Kier alpha value is -2.18. The average Bonchev–Trinajstić information content (AvgIpc) is 2.46. The average molecular weight is 286 g/mol. The van der Waals surface area contributed by atoms with Gasteiger partial charge in [0.15, 0.2) is 0 Å². The van der Waals surface area contributed by atoms with E-state index in [0.29, 0.717) is 30.2 Å². The third kappa shape index (κ3) is 3.66. The molecule has 2 aromatic carbocycles. The van der Waals surface area contributed by atoms with Crippen molar-refractivity contribution in [1.82, 2.24) is 0 Å². The molecule has 3 nitrogen and oxygen atoms in total. The molecule has 0 unspecified atom stereocenters. The highest BCUT2D eigenvalue weighted by atomic mass is 35.5. The fourth-order valence-electron chi connectivity index (χ4n) is 2.02. The van der Waals surface area contributed by atoms with Gasteiger partial charge in [0.1, 0.15) is 0 Å². The molecular weight excluding hydrogens is 270 g/mol. The lowest BCUT2D eigenvalue weighted by Crippen LogP contribution is -2.23. The van der Waals surface area contributed by atoms with Crippen molar-refractivity contribution >= 4 is 23.0 Å². The molecule has 102 valence electrons.